The highest BCUT2D eigenvalue weighted by Gasteiger charge is 2.42. The van der Waals surface area contributed by atoms with Crippen molar-refractivity contribution in [1.29, 1.82) is 0 Å². The van der Waals surface area contributed by atoms with Crippen molar-refractivity contribution in [3.63, 3.8) is 0 Å². The summed E-state index contributed by atoms with van der Waals surface area (Å²) in [7, 11) is 0. The fourth-order valence-corrected chi connectivity index (χ4v) is 20.5. The number of amides is 2. The molecule has 2 atom stereocenters. The molecule has 540 valence electrons. The maximum atomic E-state index is 15.5. The summed E-state index contributed by atoms with van der Waals surface area (Å²) >= 11 is 8.02. The lowest BCUT2D eigenvalue weighted by molar-refractivity contribution is -0.114. The number of aryl methyl sites for hydroxylation is 2. The van der Waals surface area contributed by atoms with Crippen molar-refractivity contribution in [2.24, 2.45) is 11.8 Å². The van der Waals surface area contributed by atoms with E-state index in [1.165, 1.54) is 313 Å². The summed E-state index contributed by atoms with van der Waals surface area (Å²) in [6.07, 6.45) is 59.8. The van der Waals surface area contributed by atoms with E-state index in [1.807, 2.05) is 50.2 Å². The molecule has 0 aliphatic carbocycles. The molecule has 2 aromatic carbocycles. The zero-order valence-corrected chi connectivity index (χ0v) is 66.6. The van der Waals surface area contributed by atoms with E-state index in [2.05, 4.69) is 133 Å². The number of hydrogen-bond donors (Lipinski definition) is 0. The van der Waals surface area contributed by atoms with Gasteiger partial charge in [-0.25, -0.2) is 0 Å². The third-order valence-corrected chi connectivity index (χ3v) is 26.8. The molecule has 0 N–H and O–H groups in total. The second kappa shape index (κ2) is 45.1. The van der Waals surface area contributed by atoms with Gasteiger partial charge in [0.05, 0.1) is 22.5 Å². The topological polar surface area (TPSA) is 40.6 Å². The van der Waals surface area contributed by atoms with Crippen LogP contribution >= 0.6 is 45.3 Å². The molecule has 0 saturated carbocycles. The Kier molecular flexibility index (Phi) is 36.7. The first kappa shape index (κ1) is 79.6. The minimum atomic E-state index is -0.0127. The van der Waals surface area contributed by atoms with Crippen molar-refractivity contribution in [1.82, 2.24) is 0 Å². The van der Waals surface area contributed by atoms with E-state index in [0.717, 1.165) is 66.1 Å². The molecule has 6 aromatic rings. The van der Waals surface area contributed by atoms with Crippen LogP contribution in [0.15, 0.2) is 72.8 Å². The Morgan fingerprint density at radius 1 is 0.316 bits per heavy atom. The largest absolute Gasteiger partial charge is 0.308 e. The van der Waals surface area contributed by atoms with Gasteiger partial charge in [0.2, 0.25) is 0 Å². The van der Waals surface area contributed by atoms with Gasteiger partial charge in [-0.3, -0.25) is 9.59 Å². The minimum absolute atomic E-state index is 0.0110. The average molecular weight is 1400 g/mol. The lowest BCUT2D eigenvalue weighted by atomic mass is 9.88. The number of hydrogen-bond acceptors (Lipinski definition) is 6. The highest BCUT2D eigenvalue weighted by Crippen LogP contribution is 2.51. The summed E-state index contributed by atoms with van der Waals surface area (Å²) in [6.45, 7) is 19.7. The molecule has 0 radical (unpaired) electrons. The third kappa shape index (κ3) is 24.6. The second-order valence-corrected chi connectivity index (χ2v) is 34.7. The first-order valence-corrected chi connectivity index (χ1v) is 44.4. The van der Waals surface area contributed by atoms with Crippen molar-refractivity contribution in [2.45, 2.75) is 351 Å². The predicted octanol–water partition coefficient (Wildman–Crippen LogP) is 30.4. The molecule has 6 heterocycles. The molecular weight excluding hydrogens is 1270 g/mol. The summed E-state index contributed by atoms with van der Waals surface area (Å²) in [6, 6.07) is 28.2. The van der Waals surface area contributed by atoms with E-state index in [4.69, 9.17) is 0 Å². The molecular formula is C90H134N2O2S4. The van der Waals surface area contributed by atoms with E-state index in [-0.39, 0.29) is 11.8 Å². The Balaban J connectivity index is 1.12. The van der Waals surface area contributed by atoms with E-state index in [9.17, 15) is 0 Å². The van der Waals surface area contributed by atoms with Gasteiger partial charge in [-0.1, -0.05) is 335 Å². The SMILES string of the molecule is CCCCCCCCCCC(CCCCCCCC)Cc1cc(C)sc1-c1ccc(-c2ccc(-c3sc(-c4ccc5c(c4)N(CCCCCCCC)C(=O)/C5=C4/C(=O)N(CCCCCCCC)c5cc(C)ccc54)cc3CC(CCCCCCCC)CCCCCCCCCC)s2)s1. The Bertz CT molecular complexity index is 3270. The Hall–Kier alpha value is -4.08. The van der Waals surface area contributed by atoms with Crippen LogP contribution in [0.5, 0.6) is 0 Å². The van der Waals surface area contributed by atoms with Crippen molar-refractivity contribution in [3.05, 3.63) is 105 Å². The summed E-state index contributed by atoms with van der Waals surface area (Å²) in [5, 5.41) is 0. The number of anilines is 2. The maximum Gasteiger partial charge on any atom is 0.259 e. The van der Waals surface area contributed by atoms with Gasteiger partial charge in [-0.15, -0.1) is 45.3 Å². The normalized spacial score (nSPS) is 14.4. The predicted molar refractivity (Wildman–Crippen MR) is 439 cm³/mol. The number of unbranched alkanes of at least 4 members (excludes halogenated alkanes) is 34. The molecule has 4 aromatic heterocycles. The Labute approximate surface area is 615 Å². The number of rotatable bonds is 54. The van der Waals surface area contributed by atoms with Crippen molar-refractivity contribution < 1.29 is 9.59 Å². The second-order valence-electron chi connectivity index (χ2n) is 30.2. The summed E-state index contributed by atoms with van der Waals surface area (Å²) in [4.78, 5) is 45.9. The van der Waals surface area contributed by atoms with Crippen molar-refractivity contribution in [3.8, 4) is 39.7 Å². The summed E-state index contributed by atoms with van der Waals surface area (Å²) in [5.74, 6) is 1.38. The molecule has 2 aliphatic rings. The molecule has 2 aliphatic heterocycles. The molecule has 0 bridgehead atoms. The first-order valence-electron chi connectivity index (χ1n) is 41.2. The Morgan fingerprint density at radius 2 is 0.653 bits per heavy atom. The molecule has 0 saturated heterocycles. The van der Waals surface area contributed by atoms with Crippen molar-refractivity contribution >= 4 is 79.7 Å². The first-order chi connectivity index (χ1) is 48.1. The van der Waals surface area contributed by atoms with E-state index < -0.39 is 0 Å². The molecule has 2 unspecified atom stereocenters. The molecule has 8 rings (SSSR count). The zero-order chi connectivity index (χ0) is 69.1. The van der Waals surface area contributed by atoms with Crippen LogP contribution in [0.1, 0.15) is 357 Å². The van der Waals surface area contributed by atoms with Gasteiger partial charge in [-0.05, 0) is 122 Å². The summed E-state index contributed by atoms with van der Waals surface area (Å²) in [5.41, 5.74) is 10.4. The number of fused-ring (bicyclic) bond motifs is 2. The van der Waals surface area contributed by atoms with Crippen LogP contribution in [-0.2, 0) is 22.4 Å². The van der Waals surface area contributed by atoms with Crippen LogP contribution in [0.4, 0.5) is 11.4 Å². The van der Waals surface area contributed by atoms with Gasteiger partial charge in [0.1, 0.15) is 0 Å². The lowest BCUT2D eigenvalue weighted by Crippen LogP contribution is -2.30. The van der Waals surface area contributed by atoms with Crippen LogP contribution in [0, 0.1) is 25.7 Å². The molecule has 4 nitrogen and oxygen atoms in total. The monoisotopic (exact) mass is 1400 g/mol. The summed E-state index contributed by atoms with van der Waals surface area (Å²) < 4.78 is 0. The number of benzene rings is 2. The van der Waals surface area contributed by atoms with E-state index >= 15 is 9.59 Å². The van der Waals surface area contributed by atoms with Crippen LogP contribution in [-0.4, -0.2) is 24.9 Å². The van der Waals surface area contributed by atoms with Crippen LogP contribution < -0.4 is 9.80 Å². The van der Waals surface area contributed by atoms with Crippen LogP contribution in [0.2, 0.25) is 0 Å². The van der Waals surface area contributed by atoms with Gasteiger partial charge >= 0.3 is 0 Å². The lowest BCUT2D eigenvalue weighted by Gasteiger charge is -2.18. The average Bonchev–Trinajstić information content (AvgIpc) is 1.56. The molecule has 0 spiro atoms. The number of carbonyl (C=O) groups is 2. The van der Waals surface area contributed by atoms with Crippen molar-refractivity contribution in [2.75, 3.05) is 22.9 Å². The zero-order valence-electron chi connectivity index (χ0n) is 63.4. The van der Waals surface area contributed by atoms with Crippen LogP contribution in [0.25, 0.3) is 50.8 Å². The highest BCUT2D eigenvalue weighted by molar-refractivity contribution is 7.29. The fraction of sp³-hybridized carbons (Fsp3) is 0.644. The molecule has 8 heteroatoms. The number of nitrogens with zero attached hydrogens (tertiary/aromatic N) is 2. The van der Waals surface area contributed by atoms with E-state index in [0.29, 0.717) is 30.2 Å². The standard InChI is InChI=1S/C90H134N2O2S4/c1-9-15-21-27-33-35-39-45-50-71(49-43-37-29-23-17-11-3)65-74-64-70(8)95-87(74)82-59-57-80(96-82)81-58-60-83(97-81)88-75(66-72(51-44-38-30-24-18-12-4)52-46-40-36-34-28-22-16-10-2)68-84(98-88)73-54-56-77-79(67-73)92(62-48-42-32-26-20-14-6)90(94)86(77)85-76-55-53-69(7)63-78(76)91(89(85)93)61-47-41-31-25-19-13-5/h53-60,63-64,67-68,71-72H,9-52,61-62,65-66H2,1-8H3/b86-85+. The highest BCUT2D eigenvalue weighted by atomic mass is 32.1. The van der Waals surface area contributed by atoms with E-state index in [1.54, 1.807) is 5.56 Å². The van der Waals surface area contributed by atoms with Gasteiger partial charge in [0, 0.05) is 63.2 Å². The number of carbonyl (C=O) groups excluding carboxylic acids is 2. The minimum Gasteiger partial charge on any atom is -0.308 e. The van der Waals surface area contributed by atoms with Gasteiger partial charge < -0.3 is 9.80 Å². The maximum absolute atomic E-state index is 15.5. The van der Waals surface area contributed by atoms with Gasteiger partial charge in [-0.2, -0.15) is 0 Å². The number of thiophene rings is 4. The molecule has 98 heavy (non-hydrogen) atoms. The van der Waals surface area contributed by atoms with Gasteiger partial charge in [0.15, 0.2) is 0 Å². The quantitative estimate of drug-likeness (QED) is 0.0282. The molecule has 2 amide bonds. The van der Waals surface area contributed by atoms with Crippen LogP contribution in [0.3, 0.4) is 0 Å². The fourth-order valence-electron chi connectivity index (χ4n) is 15.9. The smallest absolute Gasteiger partial charge is 0.259 e. The Morgan fingerprint density at radius 3 is 1.06 bits per heavy atom. The molecule has 0 fully saturated rings. The van der Waals surface area contributed by atoms with Gasteiger partial charge in [0.25, 0.3) is 11.8 Å². The third-order valence-electron chi connectivity index (χ3n) is 21.7.